The molecule has 0 saturated heterocycles. The third-order valence-corrected chi connectivity index (χ3v) is 12.1. The van der Waals surface area contributed by atoms with E-state index in [4.69, 9.17) is 9.47 Å². The van der Waals surface area contributed by atoms with E-state index < -0.39 is 16.6 Å². The average molecular weight is 593 g/mol. The van der Waals surface area contributed by atoms with Crippen molar-refractivity contribution in [3.63, 3.8) is 0 Å². The lowest BCUT2D eigenvalue weighted by atomic mass is 9.64. The van der Waals surface area contributed by atoms with Gasteiger partial charge in [-0.1, -0.05) is 43.3 Å². The quantitative estimate of drug-likeness (QED) is 0.481. The smallest absolute Gasteiger partial charge is 0.263 e. The minimum absolute atomic E-state index is 0.0613. The first-order valence-electron chi connectivity index (χ1n) is 15.4. The van der Waals surface area contributed by atoms with E-state index in [0.717, 1.165) is 56.6 Å². The van der Waals surface area contributed by atoms with Gasteiger partial charge in [0, 0.05) is 31.2 Å². The summed E-state index contributed by atoms with van der Waals surface area (Å²) in [5.74, 6) is 0.961. The van der Waals surface area contributed by atoms with Crippen LogP contribution in [0.15, 0.2) is 54.6 Å². The van der Waals surface area contributed by atoms with Crippen molar-refractivity contribution in [1.82, 2.24) is 4.72 Å². The second kappa shape index (κ2) is 11.8. The highest BCUT2D eigenvalue weighted by molar-refractivity contribution is 7.84. The molecule has 1 spiro atoms. The van der Waals surface area contributed by atoms with Crippen LogP contribution in [0.2, 0.25) is 0 Å². The van der Waals surface area contributed by atoms with Gasteiger partial charge in [0.2, 0.25) is 0 Å². The Hall–Kier alpha value is -2.68. The zero-order valence-corrected chi connectivity index (χ0v) is 25.8. The first-order valence-corrected chi connectivity index (χ1v) is 16.7. The van der Waals surface area contributed by atoms with Gasteiger partial charge in [0.1, 0.15) is 22.3 Å². The standard InChI is InChI=1S/C34H44N2O5S/c1-23-8-6-17-34(21-37,40-3)29-14-12-27(29)19-36-20-33(16-7-10-25-9-4-5-11-28(25)33)22-41-31-15-13-26(18-30(31)36)32(38)35-42(39)24(23)2/h4-6,9,11,13,15,17-18,23-24,27,29,37H,7-8,10,12,14,16,19-22H2,1-3H3,(H,35,38)/b17-6+/t23?,24?,27?,29?,33-,34-,42?/m0/s1. The van der Waals surface area contributed by atoms with Crippen LogP contribution in [-0.2, 0) is 27.6 Å². The van der Waals surface area contributed by atoms with E-state index >= 15 is 0 Å². The summed E-state index contributed by atoms with van der Waals surface area (Å²) < 4.78 is 28.7. The van der Waals surface area contributed by atoms with Crippen LogP contribution in [0.5, 0.6) is 5.75 Å². The molecule has 1 amide bonds. The molecule has 2 aromatic rings. The second-order valence-electron chi connectivity index (χ2n) is 13.0. The molecule has 1 saturated carbocycles. The lowest BCUT2D eigenvalue weighted by Crippen LogP contribution is -2.54. The number of ether oxygens (including phenoxy) is 2. The summed E-state index contributed by atoms with van der Waals surface area (Å²) in [7, 11) is 0.145. The molecule has 2 aliphatic carbocycles. The van der Waals surface area contributed by atoms with Gasteiger partial charge in [0.15, 0.2) is 0 Å². The Morgan fingerprint density at radius 1 is 1.19 bits per heavy atom. The number of aryl methyl sites for hydroxylation is 1. The molecule has 0 radical (unpaired) electrons. The van der Waals surface area contributed by atoms with E-state index in [1.54, 1.807) is 13.2 Å². The number of methoxy groups -OCH3 is 1. The predicted molar refractivity (Wildman–Crippen MR) is 166 cm³/mol. The molecule has 2 bridgehead atoms. The number of hydrogen-bond acceptors (Lipinski definition) is 6. The van der Waals surface area contributed by atoms with Gasteiger partial charge in [-0.25, -0.2) is 4.21 Å². The molecule has 7 atom stereocenters. The number of benzene rings is 2. The number of rotatable bonds is 2. The van der Waals surface area contributed by atoms with Crippen LogP contribution in [0.1, 0.15) is 67.4 Å². The Kier molecular flexibility index (Phi) is 8.24. The lowest BCUT2D eigenvalue weighted by Gasteiger charge is -2.50. The molecule has 226 valence electrons. The summed E-state index contributed by atoms with van der Waals surface area (Å²) in [6, 6.07) is 14.4. The van der Waals surface area contributed by atoms with Gasteiger partial charge in [-0.3, -0.25) is 9.52 Å². The molecule has 7 nitrogen and oxygen atoms in total. The molecular weight excluding hydrogens is 548 g/mol. The molecule has 2 aromatic carbocycles. The number of aliphatic hydroxyl groups is 1. The van der Waals surface area contributed by atoms with E-state index in [-0.39, 0.29) is 35.0 Å². The predicted octanol–water partition coefficient (Wildman–Crippen LogP) is 4.94. The minimum atomic E-state index is -1.55. The third-order valence-electron chi connectivity index (χ3n) is 10.6. The van der Waals surface area contributed by atoms with Crippen molar-refractivity contribution in [1.29, 1.82) is 0 Å². The Morgan fingerprint density at radius 3 is 2.79 bits per heavy atom. The maximum atomic E-state index is 13.4. The van der Waals surface area contributed by atoms with Crippen molar-refractivity contribution in [2.45, 2.75) is 68.6 Å². The molecule has 2 aliphatic heterocycles. The maximum absolute atomic E-state index is 13.4. The summed E-state index contributed by atoms with van der Waals surface area (Å²) in [5, 5.41) is 10.4. The second-order valence-corrected chi connectivity index (χ2v) is 14.5. The Balaban J connectivity index is 1.44. The highest BCUT2D eigenvalue weighted by Crippen LogP contribution is 2.48. The average Bonchev–Trinajstić information content (AvgIpc) is 3.14. The first-order chi connectivity index (χ1) is 20.3. The molecule has 5 unspecified atom stereocenters. The van der Waals surface area contributed by atoms with Crippen LogP contribution < -0.4 is 14.4 Å². The molecule has 6 rings (SSSR count). The van der Waals surface area contributed by atoms with Crippen molar-refractivity contribution in [2.75, 3.05) is 38.3 Å². The number of allylic oxidation sites excluding steroid dienone is 1. The summed E-state index contributed by atoms with van der Waals surface area (Å²) in [6.45, 7) is 5.99. The zero-order valence-electron chi connectivity index (χ0n) is 25.0. The number of amides is 1. The van der Waals surface area contributed by atoms with Gasteiger partial charge in [0.25, 0.3) is 5.91 Å². The molecule has 4 aliphatic rings. The number of hydrogen-bond donors (Lipinski definition) is 2. The largest absolute Gasteiger partial charge is 0.490 e. The molecular formula is C34H44N2O5S. The van der Waals surface area contributed by atoms with Crippen molar-refractivity contribution in [2.24, 2.45) is 17.8 Å². The molecule has 2 N–H and O–H groups in total. The number of nitrogens with one attached hydrogen (secondary N) is 1. The summed E-state index contributed by atoms with van der Waals surface area (Å²) in [5.41, 5.74) is 3.20. The summed E-state index contributed by atoms with van der Waals surface area (Å²) in [6.07, 6.45) is 10.0. The fraction of sp³-hybridized carbons (Fsp3) is 0.559. The Bertz CT molecular complexity index is 1370. The molecule has 1 fully saturated rings. The monoisotopic (exact) mass is 592 g/mol. The van der Waals surface area contributed by atoms with E-state index in [0.29, 0.717) is 24.5 Å². The number of carbonyl (C=O) groups excluding carboxylic acids is 1. The van der Waals surface area contributed by atoms with Gasteiger partial charge < -0.3 is 19.5 Å². The maximum Gasteiger partial charge on any atom is 0.263 e. The van der Waals surface area contributed by atoms with Crippen LogP contribution in [0.4, 0.5) is 5.69 Å². The van der Waals surface area contributed by atoms with E-state index in [1.165, 1.54) is 11.1 Å². The van der Waals surface area contributed by atoms with E-state index in [9.17, 15) is 14.1 Å². The zero-order chi connectivity index (χ0) is 29.5. The van der Waals surface area contributed by atoms with Crippen molar-refractivity contribution in [3.8, 4) is 5.75 Å². The first kappa shape index (κ1) is 29.4. The topological polar surface area (TPSA) is 88.1 Å². The highest BCUT2D eigenvalue weighted by atomic mass is 32.2. The van der Waals surface area contributed by atoms with Gasteiger partial charge in [-0.05, 0) is 92.5 Å². The Labute approximate surface area is 252 Å². The third kappa shape index (κ3) is 5.20. The van der Waals surface area contributed by atoms with E-state index in [2.05, 4.69) is 40.0 Å². The number of fused-ring (bicyclic) bond motifs is 4. The van der Waals surface area contributed by atoms with Crippen LogP contribution in [-0.4, -0.2) is 59.5 Å². The van der Waals surface area contributed by atoms with Crippen LogP contribution in [0.3, 0.4) is 0 Å². The van der Waals surface area contributed by atoms with Crippen LogP contribution in [0, 0.1) is 17.8 Å². The summed E-state index contributed by atoms with van der Waals surface area (Å²) >= 11 is 0. The molecule has 2 heterocycles. The van der Waals surface area contributed by atoms with Crippen LogP contribution in [0.25, 0.3) is 0 Å². The lowest BCUT2D eigenvalue weighted by molar-refractivity contribution is -0.103. The SMILES string of the molecule is CO[C@]1(CO)/C=C/CC(C)C(C)S(=O)NC(=O)c2ccc3c(c2)N(CC2CCC21)C[C@@]1(CCCc2ccccc21)CO3. The van der Waals surface area contributed by atoms with Gasteiger partial charge in [-0.15, -0.1) is 0 Å². The van der Waals surface area contributed by atoms with Gasteiger partial charge in [0.05, 0.1) is 24.2 Å². The van der Waals surface area contributed by atoms with Crippen molar-refractivity contribution >= 4 is 22.6 Å². The van der Waals surface area contributed by atoms with Crippen LogP contribution >= 0.6 is 0 Å². The summed E-state index contributed by atoms with van der Waals surface area (Å²) in [4.78, 5) is 15.8. The number of carbonyl (C=O) groups is 1. The van der Waals surface area contributed by atoms with Gasteiger partial charge >= 0.3 is 0 Å². The highest BCUT2D eigenvalue weighted by Gasteiger charge is 2.48. The molecule has 8 heteroatoms. The number of anilines is 1. The minimum Gasteiger partial charge on any atom is -0.490 e. The van der Waals surface area contributed by atoms with Crippen molar-refractivity contribution in [3.05, 3.63) is 71.3 Å². The Morgan fingerprint density at radius 2 is 2.02 bits per heavy atom. The fourth-order valence-corrected chi connectivity index (χ4v) is 8.66. The number of nitrogens with zero attached hydrogens (tertiary/aromatic N) is 1. The molecule has 0 aromatic heterocycles. The van der Waals surface area contributed by atoms with E-state index in [1.807, 2.05) is 32.1 Å². The number of aliphatic hydroxyl groups excluding tert-OH is 1. The fourth-order valence-electron chi connectivity index (χ4n) is 7.64. The molecule has 42 heavy (non-hydrogen) atoms. The van der Waals surface area contributed by atoms with Gasteiger partial charge in [-0.2, -0.15) is 0 Å². The van der Waals surface area contributed by atoms with Crippen molar-refractivity contribution < 1.29 is 23.6 Å². The normalized spacial score (nSPS) is 35.6.